The zero-order valence-electron chi connectivity index (χ0n) is 16.5. The minimum Gasteiger partial charge on any atom is -0.497 e. The molecule has 4 rings (SSSR count). The Morgan fingerprint density at radius 2 is 1.53 bits per heavy atom. The zero-order chi connectivity index (χ0) is 21.3. The van der Waals surface area contributed by atoms with Crippen molar-refractivity contribution in [1.82, 2.24) is 4.90 Å². The summed E-state index contributed by atoms with van der Waals surface area (Å²) in [5.41, 5.74) is 2.65. The van der Waals surface area contributed by atoms with E-state index >= 15 is 0 Å². The van der Waals surface area contributed by atoms with Crippen molar-refractivity contribution in [2.75, 3.05) is 13.7 Å². The molecule has 1 N–H and O–H groups in total. The number of nitrogens with zero attached hydrogens (tertiary/aromatic N) is 1. The number of hydrogen-bond donors (Lipinski definition) is 1. The quantitative estimate of drug-likeness (QED) is 0.655. The Bertz CT molecular complexity index is 944. The second kappa shape index (κ2) is 10.2. The summed E-state index contributed by atoms with van der Waals surface area (Å²) in [6.45, 7) is 0.208. The summed E-state index contributed by atoms with van der Waals surface area (Å²) in [5, 5.41) is 6.89. The smallest absolute Gasteiger partial charge is 0.290 e. The Morgan fingerprint density at radius 3 is 2.10 bits per heavy atom. The van der Waals surface area contributed by atoms with Crippen molar-refractivity contribution >= 4 is 12.4 Å². The molecule has 0 radical (unpaired) electrons. The van der Waals surface area contributed by atoms with Crippen LogP contribution >= 0.6 is 0 Å². The Kier molecular flexibility index (Phi) is 7.19. The van der Waals surface area contributed by atoms with Gasteiger partial charge < -0.3 is 14.6 Å². The predicted molar refractivity (Wildman–Crippen MR) is 112 cm³/mol. The first-order valence-corrected chi connectivity index (χ1v) is 9.45. The molecule has 1 aliphatic rings. The molecule has 6 heteroatoms. The van der Waals surface area contributed by atoms with Crippen LogP contribution in [0.15, 0.2) is 84.9 Å². The van der Waals surface area contributed by atoms with Crippen LogP contribution in [-0.4, -0.2) is 36.1 Å². The average Bonchev–Trinajstić information content (AvgIpc) is 3.25. The van der Waals surface area contributed by atoms with Gasteiger partial charge in [-0.05, 0) is 29.8 Å². The molecule has 1 amide bonds. The molecule has 1 aliphatic heterocycles. The van der Waals surface area contributed by atoms with Gasteiger partial charge in [0.25, 0.3) is 12.4 Å². The summed E-state index contributed by atoms with van der Waals surface area (Å²) in [6.07, 6.45) is -0.436. The minimum atomic E-state index is -0.436. The van der Waals surface area contributed by atoms with Crippen LogP contribution in [0, 0.1) is 0 Å². The van der Waals surface area contributed by atoms with Crippen LogP contribution in [0.25, 0.3) is 0 Å². The molecule has 1 heterocycles. The van der Waals surface area contributed by atoms with E-state index in [9.17, 15) is 4.79 Å². The number of carbonyl (C=O) groups excluding carboxylic acids is 1. The molecule has 1 fully saturated rings. The Balaban J connectivity index is 0.000000806. The van der Waals surface area contributed by atoms with E-state index in [1.165, 1.54) is 0 Å². The van der Waals surface area contributed by atoms with Crippen molar-refractivity contribution in [3.63, 3.8) is 0 Å². The number of rotatable bonds is 4. The zero-order valence-corrected chi connectivity index (χ0v) is 16.5. The van der Waals surface area contributed by atoms with Crippen molar-refractivity contribution < 1.29 is 24.2 Å². The fourth-order valence-corrected chi connectivity index (χ4v) is 3.44. The molecule has 0 aliphatic carbocycles. The Hall–Kier alpha value is -3.64. The molecule has 2 atom stereocenters. The van der Waals surface area contributed by atoms with Crippen LogP contribution in [0.3, 0.4) is 0 Å². The maximum Gasteiger partial charge on any atom is 0.290 e. The van der Waals surface area contributed by atoms with Gasteiger partial charge in [-0.3, -0.25) is 14.5 Å². The van der Waals surface area contributed by atoms with Gasteiger partial charge in [0.1, 0.15) is 5.75 Å². The highest BCUT2D eigenvalue weighted by Gasteiger charge is 2.40. The molecule has 1 saturated heterocycles. The van der Waals surface area contributed by atoms with Gasteiger partial charge in [0.05, 0.1) is 19.8 Å². The lowest BCUT2D eigenvalue weighted by Crippen LogP contribution is -2.33. The van der Waals surface area contributed by atoms with Crippen LogP contribution < -0.4 is 4.74 Å². The van der Waals surface area contributed by atoms with Crippen molar-refractivity contribution in [3.05, 3.63) is 102 Å². The molecule has 154 valence electrons. The van der Waals surface area contributed by atoms with E-state index in [0.29, 0.717) is 12.2 Å². The molecular formula is C24H23NO5. The van der Waals surface area contributed by atoms with E-state index in [0.717, 1.165) is 16.9 Å². The molecule has 3 aromatic rings. The number of amides is 1. The Morgan fingerprint density at radius 1 is 0.967 bits per heavy atom. The average molecular weight is 405 g/mol. The molecule has 0 saturated carbocycles. The van der Waals surface area contributed by atoms with Crippen LogP contribution in [0.5, 0.6) is 5.75 Å². The second-order valence-electron chi connectivity index (χ2n) is 6.57. The maximum atomic E-state index is 13.4. The highest BCUT2D eigenvalue weighted by molar-refractivity contribution is 5.94. The monoisotopic (exact) mass is 405 g/mol. The minimum absolute atomic E-state index is 0.0391. The molecule has 30 heavy (non-hydrogen) atoms. The van der Waals surface area contributed by atoms with E-state index in [4.69, 9.17) is 19.4 Å². The molecule has 6 nitrogen and oxygen atoms in total. The lowest BCUT2D eigenvalue weighted by atomic mass is 10.0. The van der Waals surface area contributed by atoms with E-state index in [1.54, 1.807) is 7.11 Å². The van der Waals surface area contributed by atoms with E-state index in [1.807, 2.05) is 89.8 Å². The van der Waals surface area contributed by atoms with Gasteiger partial charge in [0, 0.05) is 11.1 Å². The summed E-state index contributed by atoms with van der Waals surface area (Å²) >= 11 is 0. The number of methoxy groups -OCH3 is 1. The summed E-state index contributed by atoms with van der Waals surface area (Å²) in [4.78, 5) is 23.6. The molecular weight excluding hydrogens is 382 g/mol. The van der Waals surface area contributed by atoms with Gasteiger partial charge in [-0.1, -0.05) is 60.7 Å². The summed E-state index contributed by atoms with van der Waals surface area (Å²) in [6, 6.07) is 26.9. The number of benzene rings is 3. The van der Waals surface area contributed by atoms with Gasteiger partial charge >= 0.3 is 0 Å². The lowest BCUT2D eigenvalue weighted by Gasteiger charge is -2.29. The SMILES string of the molecule is COc1ccc(C2OCC(c3ccccc3)N2C(=O)c2ccccc2)cc1.O=CO. The largest absolute Gasteiger partial charge is 0.497 e. The summed E-state index contributed by atoms with van der Waals surface area (Å²) in [5.74, 6) is 0.736. The maximum absolute atomic E-state index is 13.4. The first-order valence-electron chi connectivity index (χ1n) is 9.45. The van der Waals surface area contributed by atoms with Gasteiger partial charge in [0.15, 0.2) is 6.23 Å². The van der Waals surface area contributed by atoms with Crippen molar-refractivity contribution in [3.8, 4) is 5.75 Å². The fraction of sp³-hybridized carbons (Fsp3) is 0.167. The third-order valence-corrected chi connectivity index (χ3v) is 4.84. The van der Waals surface area contributed by atoms with Crippen molar-refractivity contribution in [2.24, 2.45) is 0 Å². The number of carbonyl (C=O) groups is 2. The van der Waals surface area contributed by atoms with E-state index in [2.05, 4.69) is 0 Å². The van der Waals surface area contributed by atoms with Crippen LogP contribution in [0.4, 0.5) is 0 Å². The van der Waals surface area contributed by atoms with Crippen LogP contribution in [0.2, 0.25) is 0 Å². The first kappa shape index (κ1) is 21.1. The summed E-state index contributed by atoms with van der Waals surface area (Å²) in [7, 11) is 1.64. The van der Waals surface area contributed by atoms with Gasteiger partial charge in [-0.2, -0.15) is 0 Å². The highest BCUT2D eigenvalue weighted by atomic mass is 16.5. The standard InChI is InChI=1S/C23H21NO3.CH2O2/c1-26-20-14-12-19(13-15-20)23-24(22(25)18-10-6-3-7-11-18)21(16-27-23)17-8-4-2-5-9-17;2-1-3/h2-15,21,23H,16H2,1H3;1H,(H,2,3). The number of ether oxygens (including phenoxy) is 2. The lowest BCUT2D eigenvalue weighted by molar-refractivity contribution is -0.122. The van der Waals surface area contributed by atoms with E-state index < -0.39 is 6.23 Å². The summed E-state index contributed by atoms with van der Waals surface area (Å²) < 4.78 is 11.3. The van der Waals surface area contributed by atoms with Crippen molar-refractivity contribution in [1.29, 1.82) is 0 Å². The third-order valence-electron chi connectivity index (χ3n) is 4.84. The van der Waals surface area contributed by atoms with Gasteiger partial charge in [-0.25, -0.2) is 0 Å². The van der Waals surface area contributed by atoms with E-state index in [-0.39, 0.29) is 18.4 Å². The highest BCUT2D eigenvalue weighted by Crippen LogP contribution is 2.40. The molecule has 0 spiro atoms. The number of hydrogen-bond acceptors (Lipinski definition) is 4. The van der Waals surface area contributed by atoms with Gasteiger partial charge in [0.2, 0.25) is 0 Å². The topological polar surface area (TPSA) is 76.1 Å². The normalized spacial score (nSPS) is 17.6. The second-order valence-corrected chi connectivity index (χ2v) is 6.57. The molecule has 3 aromatic carbocycles. The number of carboxylic acid groups (broad SMARTS) is 1. The van der Waals surface area contributed by atoms with Crippen molar-refractivity contribution in [2.45, 2.75) is 12.3 Å². The van der Waals surface area contributed by atoms with Gasteiger partial charge in [-0.15, -0.1) is 0 Å². The van der Waals surface area contributed by atoms with Crippen LogP contribution in [-0.2, 0) is 9.53 Å². The molecule has 2 unspecified atom stereocenters. The fourth-order valence-electron chi connectivity index (χ4n) is 3.44. The Labute approximate surface area is 175 Å². The predicted octanol–water partition coefficient (Wildman–Crippen LogP) is 4.31. The first-order chi connectivity index (χ1) is 14.7. The third kappa shape index (κ3) is 4.67. The van der Waals surface area contributed by atoms with Crippen LogP contribution in [0.1, 0.15) is 33.8 Å². The molecule has 0 aromatic heterocycles. The molecule has 0 bridgehead atoms.